The van der Waals surface area contributed by atoms with Gasteiger partial charge in [-0.15, -0.1) is 0 Å². The Bertz CT molecular complexity index is 581. The molecule has 0 saturated carbocycles. The van der Waals surface area contributed by atoms with Gasteiger partial charge in [0, 0.05) is 5.92 Å². The van der Waals surface area contributed by atoms with E-state index in [4.69, 9.17) is 5.73 Å². The van der Waals surface area contributed by atoms with E-state index in [2.05, 4.69) is 21.8 Å². The number of carbonyl (C=O) groups is 1. The lowest BCUT2D eigenvalue weighted by Gasteiger charge is -1.94. The average Bonchev–Trinajstić information content (AvgIpc) is 2.26. The number of amides is 1. The van der Waals surface area contributed by atoms with Crippen LogP contribution in [0.4, 0.5) is 0 Å². The second-order valence-electron chi connectivity index (χ2n) is 2.86. The zero-order valence-electron chi connectivity index (χ0n) is 7.77. The molecule has 0 atom stereocenters. The van der Waals surface area contributed by atoms with Crippen molar-refractivity contribution in [3.8, 4) is 11.8 Å². The Morgan fingerprint density at radius 1 is 1.27 bits per heavy atom. The van der Waals surface area contributed by atoms with Gasteiger partial charge in [0.05, 0.1) is 17.2 Å². The predicted molar refractivity (Wildman–Crippen MR) is 55.6 cm³/mol. The highest BCUT2D eigenvalue weighted by molar-refractivity contribution is 5.92. The lowest BCUT2D eigenvalue weighted by Crippen LogP contribution is -2.06. The average molecular weight is 197 g/mol. The molecule has 0 radical (unpaired) electrons. The van der Waals surface area contributed by atoms with Crippen LogP contribution in [0.5, 0.6) is 0 Å². The van der Waals surface area contributed by atoms with E-state index in [1.807, 2.05) is 24.3 Å². The molecule has 0 aliphatic rings. The van der Waals surface area contributed by atoms with Crippen LogP contribution >= 0.6 is 0 Å². The molecule has 15 heavy (non-hydrogen) atoms. The van der Waals surface area contributed by atoms with E-state index in [1.54, 1.807) is 0 Å². The van der Waals surface area contributed by atoms with Crippen LogP contribution in [0.25, 0.3) is 11.0 Å². The Morgan fingerprint density at radius 2 is 2.00 bits per heavy atom. The molecule has 0 unspecified atom stereocenters. The Balaban J connectivity index is 2.49. The van der Waals surface area contributed by atoms with Crippen molar-refractivity contribution < 1.29 is 4.79 Å². The zero-order chi connectivity index (χ0) is 10.7. The molecule has 0 spiro atoms. The normalized spacial score (nSPS) is 9.33. The largest absolute Gasteiger partial charge is 0.359 e. The molecule has 0 aliphatic heterocycles. The summed E-state index contributed by atoms with van der Waals surface area (Å²) in [7, 11) is 0. The third kappa shape index (κ3) is 2.09. The third-order valence-corrected chi connectivity index (χ3v) is 1.76. The highest BCUT2D eigenvalue weighted by Gasteiger charge is 1.95. The van der Waals surface area contributed by atoms with Crippen molar-refractivity contribution in [3.05, 3.63) is 36.2 Å². The molecule has 4 heteroatoms. The first-order chi connectivity index (χ1) is 7.25. The van der Waals surface area contributed by atoms with E-state index in [0.717, 1.165) is 11.0 Å². The molecule has 0 saturated heterocycles. The Kier molecular flexibility index (Phi) is 2.30. The van der Waals surface area contributed by atoms with Crippen LogP contribution in [-0.4, -0.2) is 15.9 Å². The summed E-state index contributed by atoms with van der Waals surface area (Å²) in [6.07, 6.45) is 1.51. The number of para-hydroxylation sites is 2. The second kappa shape index (κ2) is 3.76. The topological polar surface area (TPSA) is 68.9 Å². The van der Waals surface area contributed by atoms with Gasteiger partial charge in [0.25, 0.3) is 5.91 Å². The van der Waals surface area contributed by atoms with Crippen LogP contribution < -0.4 is 5.73 Å². The Hall–Kier alpha value is -2.41. The SMILES string of the molecule is NC(=O)C#Cc1cnc2ccccc2n1. The fourth-order valence-corrected chi connectivity index (χ4v) is 1.14. The van der Waals surface area contributed by atoms with Gasteiger partial charge in [0.2, 0.25) is 0 Å². The standard InChI is InChI=1S/C11H7N3O/c12-11(15)6-5-8-7-13-9-3-1-2-4-10(9)14-8/h1-4,7H,(H2,12,15). The van der Waals surface area contributed by atoms with Crippen molar-refractivity contribution in [1.29, 1.82) is 0 Å². The summed E-state index contributed by atoms with van der Waals surface area (Å²) < 4.78 is 0. The fourth-order valence-electron chi connectivity index (χ4n) is 1.14. The van der Waals surface area contributed by atoms with Gasteiger partial charge in [-0.3, -0.25) is 9.78 Å². The minimum absolute atomic E-state index is 0.438. The molecule has 1 amide bonds. The van der Waals surface area contributed by atoms with Crippen LogP contribution in [0.1, 0.15) is 5.69 Å². The lowest BCUT2D eigenvalue weighted by molar-refractivity contribution is -0.112. The summed E-state index contributed by atoms with van der Waals surface area (Å²) in [5, 5.41) is 0. The van der Waals surface area contributed by atoms with Crippen molar-refractivity contribution >= 4 is 16.9 Å². The van der Waals surface area contributed by atoms with Gasteiger partial charge in [-0.1, -0.05) is 12.1 Å². The molecule has 72 valence electrons. The minimum Gasteiger partial charge on any atom is -0.359 e. The molecular formula is C11H7N3O. The van der Waals surface area contributed by atoms with Crippen LogP contribution in [-0.2, 0) is 4.79 Å². The number of aromatic nitrogens is 2. The molecule has 0 bridgehead atoms. The smallest absolute Gasteiger partial charge is 0.293 e. The third-order valence-electron chi connectivity index (χ3n) is 1.76. The first-order valence-corrected chi connectivity index (χ1v) is 4.29. The second-order valence-corrected chi connectivity index (χ2v) is 2.86. The highest BCUT2D eigenvalue weighted by atomic mass is 16.1. The molecule has 0 aliphatic carbocycles. The maximum atomic E-state index is 10.4. The molecular weight excluding hydrogens is 190 g/mol. The van der Waals surface area contributed by atoms with Gasteiger partial charge in [-0.25, -0.2) is 4.98 Å². The zero-order valence-corrected chi connectivity index (χ0v) is 7.77. The van der Waals surface area contributed by atoms with E-state index in [-0.39, 0.29) is 0 Å². The van der Waals surface area contributed by atoms with Gasteiger partial charge in [0.1, 0.15) is 5.69 Å². The van der Waals surface area contributed by atoms with E-state index in [9.17, 15) is 4.79 Å². The van der Waals surface area contributed by atoms with Crippen LogP contribution in [0.15, 0.2) is 30.5 Å². The maximum Gasteiger partial charge on any atom is 0.293 e. The predicted octanol–water partition coefficient (Wildman–Crippen LogP) is 0.467. The van der Waals surface area contributed by atoms with Crippen molar-refractivity contribution in [2.45, 2.75) is 0 Å². The van der Waals surface area contributed by atoms with Gasteiger partial charge in [0.15, 0.2) is 0 Å². The monoisotopic (exact) mass is 197 g/mol. The van der Waals surface area contributed by atoms with Crippen LogP contribution in [0.2, 0.25) is 0 Å². The van der Waals surface area contributed by atoms with Crippen molar-refractivity contribution in [1.82, 2.24) is 9.97 Å². The highest BCUT2D eigenvalue weighted by Crippen LogP contribution is 2.07. The number of nitrogens with two attached hydrogens (primary N) is 1. The first-order valence-electron chi connectivity index (χ1n) is 4.29. The summed E-state index contributed by atoms with van der Waals surface area (Å²) >= 11 is 0. The summed E-state index contributed by atoms with van der Waals surface area (Å²) in [4.78, 5) is 18.8. The van der Waals surface area contributed by atoms with Crippen LogP contribution in [0, 0.1) is 11.8 Å². The van der Waals surface area contributed by atoms with E-state index in [1.165, 1.54) is 6.20 Å². The van der Waals surface area contributed by atoms with Gasteiger partial charge < -0.3 is 5.73 Å². The summed E-state index contributed by atoms with van der Waals surface area (Å²) in [6.45, 7) is 0. The number of benzene rings is 1. The summed E-state index contributed by atoms with van der Waals surface area (Å²) in [5.41, 5.74) is 6.87. The lowest BCUT2D eigenvalue weighted by atomic mass is 10.3. The fraction of sp³-hybridized carbons (Fsp3) is 0. The number of carbonyl (C=O) groups excluding carboxylic acids is 1. The van der Waals surface area contributed by atoms with E-state index < -0.39 is 5.91 Å². The van der Waals surface area contributed by atoms with Crippen molar-refractivity contribution in [2.75, 3.05) is 0 Å². The molecule has 1 aromatic heterocycles. The number of nitrogens with zero attached hydrogens (tertiary/aromatic N) is 2. The minimum atomic E-state index is -0.676. The Labute approximate surface area is 86.1 Å². The van der Waals surface area contributed by atoms with Gasteiger partial charge in [-0.05, 0) is 18.1 Å². The molecule has 2 rings (SSSR count). The number of rotatable bonds is 0. The Morgan fingerprint density at radius 3 is 2.73 bits per heavy atom. The first kappa shape index (κ1) is 9.16. The maximum absolute atomic E-state index is 10.4. The van der Waals surface area contributed by atoms with E-state index in [0.29, 0.717) is 5.69 Å². The molecule has 2 aromatic rings. The number of hydrogen-bond donors (Lipinski definition) is 1. The van der Waals surface area contributed by atoms with E-state index >= 15 is 0 Å². The molecule has 4 nitrogen and oxygen atoms in total. The molecule has 2 N–H and O–H groups in total. The van der Waals surface area contributed by atoms with Crippen molar-refractivity contribution in [3.63, 3.8) is 0 Å². The van der Waals surface area contributed by atoms with Gasteiger partial charge in [-0.2, -0.15) is 0 Å². The molecule has 1 heterocycles. The van der Waals surface area contributed by atoms with Crippen LogP contribution in [0.3, 0.4) is 0 Å². The number of fused-ring (bicyclic) bond motifs is 1. The molecule has 1 aromatic carbocycles. The number of primary amides is 1. The summed E-state index contributed by atoms with van der Waals surface area (Å²) in [6, 6.07) is 7.43. The summed E-state index contributed by atoms with van der Waals surface area (Å²) in [5.74, 6) is 4.07. The van der Waals surface area contributed by atoms with Crippen molar-refractivity contribution in [2.24, 2.45) is 5.73 Å². The quantitative estimate of drug-likeness (QED) is 0.624. The molecule has 0 fully saturated rings. The number of hydrogen-bond acceptors (Lipinski definition) is 3. The van der Waals surface area contributed by atoms with Gasteiger partial charge >= 0.3 is 0 Å².